The molecule has 1 aliphatic rings. The van der Waals surface area contributed by atoms with Crippen LogP contribution in [0.15, 0.2) is 0 Å². The van der Waals surface area contributed by atoms with E-state index in [1.165, 1.54) is 12.8 Å². The molecule has 2 amide bonds. The molecule has 1 heterocycles. The van der Waals surface area contributed by atoms with Crippen molar-refractivity contribution in [2.45, 2.75) is 25.8 Å². The standard InChI is InChI=1S/C8H17N3O/c1-2-9-8(12)11-6-7-4-3-5-10-7/h7,10H,2-6H2,1H3,(H2,9,11,12). The lowest BCUT2D eigenvalue weighted by Crippen LogP contribution is -2.42. The van der Waals surface area contributed by atoms with Gasteiger partial charge in [-0.15, -0.1) is 0 Å². The van der Waals surface area contributed by atoms with Gasteiger partial charge < -0.3 is 16.0 Å². The van der Waals surface area contributed by atoms with Crippen molar-refractivity contribution in [3.8, 4) is 0 Å². The summed E-state index contributed by atoms with van der Waals surface area (Å²) in [4.78, 5) is 10.9. The van der Waals surface area contributed by atoms with Crippen molar-refractivity contribution in [2.75, 3.05) is 19.6 Å². The normalized spacial score (nSPS) is 22.2. The fraction of sp³-hybridized carbons (Fsp3) is 0.875. The largest absolute Gasteiger partial charge is 0.338 e. The molecule has 0 bridgehead atoms. The molecular weight excluding hydrogens is 154 g/mol. The molecule has 1 rings (SSSR count). The lowest BCUT2D eigenvalue weighted by molar-refractivity contribution is 0.240. The molecule has 4 heteroatoms. The van der Waals surface area contributed by atoms with E-state index in [4.69, 9.17) is 0 Å². The van der Waals surface area contributed by atoms with Crippen LogP contribution in [0.1, 0.15) is 19.8 Å². The van der Waals surface area contributed by atoms with Crippen LogP contribution in [0.25, 0.3) is 0 Å². The topological polar surface area (TPSA) is 53.2 Å². The van der Waals surface area contributed by atoms with Gasteiger partial charge in [0.2, 0.25) is 0 Å². The highest BCUT2D eigenvalue weighted by Crippen LogP contribution is 2.02. The second-order valence-corrected chi connectivity index (χ2v) is 3.03. The molecule has 0 aromatic heterocycles. The zero-order valence-electron chi connectivity index (χ0n) is 7.52. The Hall–Kier alpha value is -0.770. The van der Waals surface area contributed by atoms with Gasteiger partial charge in [-0.05, 0) is 26.3 Å². The number of nitrogens with one attached hydrogen (secondary N) is 3. The minimum Gasteiger partial charge on any atom is -0.338 e. The number of amides is 2. The molecule has 1 atom stereocenters. The third kappa shape index (κ3) is 3.09. The molecule has 0 aromatic carbocycles. The maximum atomic E-state index is 10.9. The van der Waals surface area contributed by atoms with E-state index in [9.17, 15) is 4.79 Å². The van der Waals surface area contributed by atoms with E-state index in [1.807, 2.05) is 6.92 Å². The molecule has 1 unspecified atom stereocenters. The molecule has 0 saturated carbocycles. The summed E-state index contributed by atoms with van der Waals surface area (Å²) in [6.45, 7) is 4.42. The lowest BCUT2D eigenvalue weighted by Gasteiger charge is -2.11. The monoisotopic (exact) mass is 171 g/mol. The second kappa shape index (κ2) is 4.98. The van der Waals surface area contributed by atoms with Crippen LogP contribution >= 0.6 is 0 Å². The van der Waals surface area contributed by atoms with Crippen LogP contribution in [0.5, 0.6) is 0 Å². The van der Waals surface area contributed by atoms with Gasteiger partial charge in [0, 0.05) is 19.1 Å². The van der Waals surface area contributed by atoms with Crippen molar-refractivity contribution in [1.82, 2.24) is 16.0 Å². The Morgan fingerprint density at radius 2 is 2.42 bits per heavy atom. The van der Waals surface area contributed by atoms with Gasteiger partial charge in [-0.3, -0.25) is 0 Å². The molecule has 0 radical (unpaired) electrons. The summed E-state index contributed by atoms with van der Waals surface area (Å²) in [7, 11) is 0. The average molecular weight is 171 g/mol. The van der Waals surface area contributed by atoms with E-state index in [2.05, 4.69) is 16.0 Å². The maximum absolute atomic E-state index is 10.9. The summed E-state index contributed by atoms with van der Waals surface area (Å²) in [5.74, 6) is 0. The quantitative estimate of drug-likeness (QED) is 0.562. The highest BCUT2D eigenvalue weighted by molar-refractivity contribution is 5.73. The van der Waals surface area contributed by atoms with Gasteiger partial charge in [0.15, 0.2) is 0 Å². The highest BCUT2D eigenvalue weighted by atomic mass is 16.2. The first-order valence-corrected chi connectivity index (χ1v) is 4.58. The molecule has 1 aliphatic heterocycles. The molecular formula is C8H17N3O. The number of urea groups is 1. The van der Waals surface area contributed by atoms with Crippen LogP contribution in [-0.4, -0.2) is 31.7 Å². The van der Waals surface area contributed by atoms with Crippen LogP contribution in [0.2, 0.25) is 0 Å². The smallest absolute Gasteiger partial charge is 0.314 e. The number of hydrogen-bond donors (Lipinski definition) is 3. The van der Waals surface area contributed by atoms with Crippen molar-refractivity contribution >= 4 is 6.03 Å². The molecule has 70 valence electrons. The fourth-order valence-electron chi connectivity index (χ4n) is 1.37. The number of hydrogen-bond acceptors (Lipinski definition) is 2. The van der Waals surface area contributed by atoms with Gasteiger partial charge in [-0.25, -0.2) is 4.79 Å². The molecule has 0 aliphatic carbocycles. The van der Waals surface area contributed by atoms with Gasteiger partial charge in [0.25, 0.3) is 0 Å². The third-order valence-corrected chi connectivity index (χ3v) is 2.01. The van der Waals surface area contributed by atoms with Crippen LogP contribution in [0.3, 0.4) is 0 Å². The molecule has 1 fully saturated rings. The van der Waals surface area contributed by atoms with E-state index in [0.29, 0.717) is 12.6 Å². The Morgan fingerprint density at radius 1 is 1.58 bits per heavy atom. The molecule has 12 heavy (non-hydrogen) atoms. The Labute approximate surface area is 73.1 Å². The summed E-state index contributed by atoms with van der Waals surface area (Å²) in [5.41, 5.74) is 0. The molecule has 0 aromatic rings. The number of carbonyl (C=O) groups excluding carboxylic acids is 1. The maximum Gasteiger partial charge on any atom is 0.314 e. The van der Waals surface area contributed by atoms with Crippen molar-refractivity contribution in [3.63, 3.8) is 0 Å². The van der Waals surface area contributed by atoms with Crippen molar-refractivity contribution in [1.29, 1.82) is 0 Å². The van der Waals surface area contributed by atoms with Gasteiger partial charge in [0.05, 0.1) is 0 Å². The molecule has 4 nitrogen and oxygen atoms in total. The Kier molecular flexibility index (Phi) is 3.87. The summed E-state index contributed by atoms with van der Waals surface area (Å²) < 4.78 is 0. The summed E-state index contributed by atoms with van der Waals surface area (Å²) in [6.07, 6.45) is 2.40. The Bertz CT molecular complexity index is 143. The highest BCUT2D eigenvalue weighted by Gasteiger charge is 2.13. The Balaban J connectivity index is 2.03. The van der Waals surface area contributed by atoms with Gasteiger partial charge in [-0.2, -0.15) is 0 Å². The minimum atomic E-state index is -0.0637. The van der Waals surface area contributed by atoms with Crippen LogP contribution in [-0.2, 0) is 0 Å². The third-order valence-electron chi connectivity index (χ3n) is 2.01. The zero-order chi connectivity index (χ0) is 8.81. The second-order valence-electron chi connectivity index (χ2n) is 3.03. The molecule has 0 spiro atoms. The zero-order valence-corrected chi connectivity index (χ0v) is 7.52. The van der Waals surface area contributed by atoms with Crippen LogP contribution in [0, 0.1) is 0 Å². The first-order valence-electron chi connectivity index (χ1n) is 4.58. The lowest BCUT2D eigenvalue weighted by atomic mass is 10.2. The SMILES string of the molecule is CCNC(=O)NCC1CCCN1. The van der Waals surface area contributed by atoms with E-state index in [0.717, 1.165) is 13.1 Å². The van der Waals surface area contributed by atoms with E-state index < -0.39 is 0 Å². The summed E-state index contributed by atoms with van der Waals surface area (Å²) in [5, 5.41) is 8.82. The van der Waals surface area contributed by atoms with E-state index in [1.54, 1.807) is 0 Å². The van der Waals surface area contributed by atoms with Gasteiger partial charge >= 0.3 is 6.03 Å². The van der Waals surface area contributed by atoms with E-state index in [-0.39, 0.29) is 6.03 Å². The number of carbonyl (C=O) groups is 1. The van der Waals surface area contributed by atoms with Crippen LogP contribution < -0.4 is 16.0 Å². The predicted octanol–water partition coefficient (Wildman–Crippen LogP) is 0.0575. The first-order chi connectivity index (χ1) is 5.83. The summed E-state index contributed by atoms with van der Waals surface area (Å²) in [6, 6.07) is 0.416. The van der Waals surface area contributed by atoms with Crippen molar-refractivity contribution in [2.24, 2.45) is 0 Å². The Morgan fingerprint density at radius 3 is 3.00 bits per heavy atom. The molecule has 3 N–H and O–H groups in total. The van der Waals surface area contributed by atoms with Crippen molar-refractivity contribution in [3.05, 3.63) is 0 Å². The summed E-state index contributed by atoms with van der Waals surface area (Å²) >= 11 is 0. The average Bonchev–Trinajstić information content (AvgIpc) is 2.53. The van der Waals surface area contributed by atoms with E-state index >= 15 is 0 Å². The first kappa shape index (κ1) is 9.32. The molecule has 1 saturated heterocycles. The van der Waals surface area contributed by atoms with Gasteiger partial charge in [0.1, 0.15) is 0 Å². The number of rotatable bonds is 3. The van der Waals surface area contributed by atoms with Crippen molar-refractivity contribution < 1.29 is 4.79 Å². The predicted molar refractivity (Wildman–Crippen MR) is 48.1 cm³/mol. The fourth-order valence-corrected chi connectivity index (χ4v) is 1.37. The van der Waals surface area contributed by atoms with Gasteiger partial charge in [-0.1, -0.05) is 0 Å². The minimum absolute atomic E-state index is 0.0637. The van der Waals surface area contributed by atoms with Crippen LogP contribution in [0.4, 0.5) is 4.79 Å².